The fourth-order valence-electron chi connectivity index (χ4n) is 2.60. The van der Waals surface area contributed by atoms with E-state index in [1.807, 2.05) is 43.3 Å². The van der Waals surface area contributed by atoms with Crippen molar-refractivity contribution in [2.24, 2.45) is 11.7 Å². The van der Waals surface area contributed by atoms with Gasteiger partial charge in [-0.2, -0.15) is 0 Å². The third kappa shape index (κ3) is 10.2. The third-order valence-electron chi connectivity index (χ3n) is 3.94. The van der Waals surface area contributed by atoms with Gasteiger partial charge in [-0.3, -0.25) is 10.1 Å². The molecule has 2 atom stereocenters. The van der Waals surface area contributed by atoms with Crippen molar-refractivity contribution in [3.05, 3.63) is 78.8 Å². The maximum atomic E-state index is 11.8. The highest BCUT2D eigenvalue weighted by Gasteiger charge is 2.22. The molecule has 0 spiro atoms. The van der Waals surface area contributed by atoms with Crippen molar-refractivity contribution in [1.82, 2.24) is 5.32 Å². The number of nitrogens with two attached hydrogens (primary N) is 1. The lowest BCUT2D eigenvalue weighted by atomic mass is 9.98. The smallest absolute Gasteiger partial charge is 0.234 e. The number of hydrogen-bond donors (Lipinski definition) is 3. The monoisotopic (exact) mass is 370 g/mol. The molecule has 4 N–H and O–H groups in total. The van der Waals surface area contributed by atoms with Crippen molar-refractivity contribution < 1.29 is 9.90 Å². The van der Waals surface area contributed by atoms with Gasteiger partial charge in [0.25, 0.3) is 0 Å². The Balaban J connectivity index is 0.00000326. The lowest BCUT2D eigenvalue weighted by Gasteiger charge is -2.24. The van der Waals surface area contributed by atoms with Gasteiger partial charge in [0.05, 0.1) is 12.1 Å². The maximum Gasteiger partial charge on any atom is 0.234 e. The van der Waals surface area contributed by atoms with Gasteiger partial charge >= 0.3 is 0 Å². The molecular formula is C23H34N2O2. The molecule has 0 heterocycles. The van der Waals surface area contributed by atoms with Crippen LogP contribution in [0, 0.1) is 5.92 Å². The van der Waals surface area contributed by atoms with Gasteiger partial charge in [0.1, 0.15) is 5.76 Å². The quantitative estimate of drug-likeness (QED) is 0.328. The van der Waals surface area contributed by atoms with E-state index in [1.165, 1.54) is 5.56 Å². The summed E-state index contributed by atoms with van der Waals surface area (Å²) in [6.45, 7) is 15.6. The second-order valence-electron chi connectivity index (χ2n) is 6.68. The van der Waals surface area contributed by atoms with Gasteiger partial charge in [-0.1, -0.05) is 44.7 Å². The van der Waals surface area contributed by atoms with E-state index in [0.717, 1.165) is 12.0 Å². The molecule has 0 aromatic heterocycles. The largest absolute Gasteiger partial charge is 0.511 e. The Morgan fingerprint density at radius 1 is 1.22 bits per heavy atom. The van der Waals surface area contributed by atoms with Crippen LogP contribution < -0.4 is 11.1 Å². The number of primary amides is 1. The Bertz CT molecular complexity index is 641. The number of carbonyl (C=O) groups is 1. The fraction of sp³-hybridized carbons (Fsp3) is 0.391. The van der Waals surface area contributed by atoms with Gasteiger partial charge < -0.3 is 10.8 Å². The van der Waals surface area contributed by atoms with Gasteiger partial charge in [0, 0.05) is 0 Å². The first kappa shape index (κ1) is 24.5. The Kier molecular flexibility index (Phi) is 12.3. The summed E-state index contributed by atoms with van der Waals surface area (Å²) < 4.78 is 0. The molecule has 0 aliphatic carbocycles. The van der Waals surface area contributed by atoms with Gasteiger partial charge in [-0.25, -0.2) is 0 Å². The van der Waals surface area contributed by atoms with Crippen LogP contribution in [0.15, 0.2) is 67.6 Å². The summed E-state index contributed by atoms with van der Waals surface area (Å²) in [6, 6.07) is 7.18. The van der Waals surface area contributed by atoms with Gasteiger partial charge in [-0.15, -0.1) is 18.9 Å². The molecule has 1 aromatic carbocycles. The predicted octanol–water partition coefficient (Wildman–Crippen LogP) is 4.23. The summed E-state index contributed by atoms with van der Waals surface area (Å²) in [5.74, 6) is -0.0411. The van der Waals surface area contributed by atoms with Crippen molar-refractivity contribution in [3.8, 4) is 0 Å². The molecule has 0 fully saturated rings. The Hall–Kier alpha value is -2.55. The summed E-state index contributed by atoms with van der Waals surface area (Å²) in [7, 11) is 0. The predicted molar refractivity (Wildman–Crippen MR) is 115 cm³/mol. The van der Waals surface area contributed by atoms with E-state index in [2.05, 4.69) is 44.6 Å². The normalized spacial score (nSPS) is 12.1. The number of allylic oxidation sites excluding steroid dienone is 1. The third-order valence-corrected chi connectivity index (χ3v) is 3.94. The van der Waals surface area contributed by atoms with Gasteiger partial charge in [-0.05, 0) is 55.4 Å². The van der Waals surface area contributed by atoms with Crippen LogP contribution in [-0.2, 0) is 17.6 Å². The summed E-state index contributed by atoms with van der Waals surface area (Å²) >= 11 is 0. The molecule has 0 aliphatic rings. The Labute approximate surface area is 164 Å². The zero-order valence-corrected chi connectivity index (χ0v) is 16.9. The molecule has 4 nitrogen and oxygen atoms in total. The molecule has 4 heteroatoms. The number of benzene rings is 1. The minimum atomic E-state index is -0.554. The lowest BCUT2D eigenvalue weighted by Crippen LogP contribution is -2.48. The molecule has 1 rings (SSSR count). The number of carbonyl (C=O) groups excluding carboxylic acids is 1. The molecule has 0 saturated carbocycles. The Morgan fingerprint density at radius 3 is 2.22 bits per heavy atom. The maximum absolute atomic E-state index is 11.8. The van der Waals surface area contributed by atoms with Crippen LogP contribution in [-0.4, -0.2) is 23.1 Å². The van der Waals surface area contributed by atoms with Crippen molar-refractivity contribution in [1.29, 1.82) is 0 Å². The van der Waals surface area contributed by atoms with Crippen LogP contribution in [0.3, 0.4) is 0 Å². The number of aliphatic hydroxyl groups excluding tert-OH is 1. The molecule has 0 aliphatic heterocycles. The summed E-state index contributed by atoms with van der Waals surface area (Å²) in [5, 5.41) is 12.9. The minimum absolute atomic E-state index is 0.0334. The SMILES string of the molecule is C=C.C=C(O)C(CC(C)C)NC(Cc1ccc(CC=C=CC)cc1)C(N)=O. The summed E-state index contributed by atoms with van der Waals surface area (Å²) in [6.07, 6.45) is 5.84. The van der Waals surface area contributed by atoms with E-state index < -0.39 is 11.9 Å². The van der Waals surface area contributed by atoms with Crippen LogP contribution in [0.5, 0.6) is 0 Å². The number of nitrogens with one attached hydrogen (secondary N) is 1. The standard InChI is InChI=1S/C21H30N2O2.C2H4/c1-5-6-7-8-17-9-11-18(12-10-17)14-20(21(22)25)23-19(16(4)24)13-15(2)3;1-2/h5,7,9-12,15,19-20,23-24H,4,8,13-14H2,1-3H3,(H2,22,25);1-2H2. The highest BCUT2D eigenvalue weighted by molar-refractivity contribution is 5.80. The highest BCUT2D eigenvalue weighted by atomic mass is 16.3. The van der Waals surface area contributed by atoms with Gasteiger partial charge in [0.15, 0.2) is 0 Å². The van der Waals surface area contributed by atoms with E-state index >= 15 is 0 Å². The van der Waals surface area contributed by atoms with Crippen LogP contribution in [0.2, 0.25) is 0 Å². The molecule has 0 saturated heterocycles. The highest BCUT2D eigenvalue weighted by Crippen LogP contribution is 2.13. The lowest BCUT2D eigenvalue weighted by molar-refractivity contribution is -0.120. The Morgan fingerprint density at radius 2 is 1.78 bits per heavy atom. The second-order valence-corrected chi connectivity index (χ2v) is 6.68. The zero-order valence-electron chi connectivity index (χ0n) is 16.9. The average Bonchev–Trinajstić information content (AvgIpc) is 2.63. The van der Waals surface area contributed by atoms with Crippen molar-refractivity contribution in [2.75, 3.05) is 0 Å². The number of aliphatic hydroxyl groups is 1. The van der Waals surface area contributed by atoms with Crippen LogP contribution in [0.25, 0.3) is 0 Å². The minimum Gasteiger partial charge on any atom is -0.511 e. The topological polar surface area (TPSA) is 75.3 Å². The van der Waals surface area contributed by atoms with Crippen LogP contribution >= 0.6 is 0 Å². The summed E-state index contributed by atoms with van der Waals surface area (Å²) in [4.78, 5) is 11.8. The number of hydrogen-bond acceptors (Lipinski definition) is 3. The van der Waals surface area contributed by atoms with Crippen LogP contribution in [0.1, 0.15) is 38.3 Å². The molecule has 148 valence electrons. The van der Waals surface area contributed by atoms with E-state index in [0.29, 0.717) is 18.8 Å². The fourth-order valence-corrected chi connectivity index (χ4v) is 2.60. The van der Waals surface area contributed by atoms with Gasteiger partial charge in [0.2, 0.25) is 5.91 Å². The average molecular weight is 371 g/mol. The van der Waals surface area contributed by atoms with Crippen molar-refractivity contribution in [3.63, 3.8) is 0 Å². The van der Waals surface area contributed by atoms with E-state index in [4.69, 9.17) is 5.73 Å². The molecule has 0 bridgehead atoms. The first-order valence-electron chi connectivity index (χ1n) is 9.20. The van der Waals surface area contributed by atoms with E-state index in [-0.39, 0.29) is 11.8 Å². The first-order chi connectivity index (χ1) is 12.8. The van der Waals surface area contributed by atoms with Crippen molar-refractivity contribution >= 4 is 5.91 Å². The summed E-state index contributed by atoms with van der Waals surface area (Å²) in [5.41, 5.74) is 10.8. The molecule has 27 heavy (non-hydrogen) atoms. The van der Waals surface area contributed by atoms with E-state index in [1.54, 1.807) is 0 Å². The van der Waals surface area contributed by atoms with Crippen LogP contribution in [0.4, 0.5) is 0 Å². The number of amides is 1. The van der Waals surface area contributed by atoms with E-state index in [9.17, 15) is 9.90 Å². The zero-order chi connectivity index (χ0) is 20.8. The molecule has 1 aromatic rings. The van der Waals surface area contributed by atoms with Crippen molar-refractivity contribution in [2.45, 2.75) is 52.1 Å². The number of rotatable bonds is 10. The molecule has 1 amide bonds. The molecule has 2 unspecified atom stereocenters. The molecule has 0 radical (unpaired) electrons. The second kappa shape index (κ2) is 13.6. The first-order valence-corrected chi connectivity index (χ1v) is 9.20. The molecular weight excluding hydrogens is 336 g/mol.